The van der Waals surface area contributed by atoms with E-state index in [2.05, 4.69) is 5.32 Å². The third-order valence-electron chi connectivity index (χ3n) is 2.84. The fourth-order valence-corrected chi connectivity index (χ4v) is 3.09. The number of rotatable bonds is 11. The molecule has 1 amide bonds. The summed E-state index contributed by atoms with van der Waals surface area (Å²) >= 11 is 0. The Labute approximate surface area is 137 Å². The van der Waals surface area contributed by atoms with E-state index >= 15 is 0 Å². The Morgan fingerprint density at radius 3 is 2.61 bits per heavy atom. The average molecular weight is 344 g/mol. The monoisotopic (exact) mass is 344 g/mol. The van der Waals surface area contributed by atoms with Crippen molar-refractivity contribution in [3.05, 3.63) is 35.9 Å². The van der Waals surface area contributed by atoms with E-state index in [1.165, 1.54) is 0 Å². The van der Waals surface area contributed by atoms with E-state index in [-0.39, 0.29) is 26.1 Å². The highest BCUT2D eigenvalue weighted by atomic mass is 31.2. The number of unbranched alkanes of at least 4 members (excludes halogenated alkanes) is 1. The Hall–Kier alpha value is -1.40. The van der Waals surface area contributed by atoms with Crippen LogP contribution in [0.3, 0.4) is 0 Å². The highest BCUT2D eigenvalue weighted by Crippen LogP contribution is 2.46. The van der Waals surface area contributed by atoms with Crippen molar-refractivity contribution in [3.63, 3.8) is 0 Å². The lowest BCUT2D eigenvalue weighted by molar-refractivity contribution is 0.139. The number of ether oxygens (including phenoxy) is 1. The Bertz CT molecular complexity index is 498. The molecule has 8 heteroatoms. The number of hydrogen-bond donors (Lipinski definition) is 2. The van der Waals surface area contributed by atoms with E-state index < -0.39 is 13.7 Å². The van der Waals surface area contributed by atoms with Crippen LogP contribution in [0.25, 0.3) is 0 Å². The minimum Gasteiger partial charge on any atom is -0.445 e. The van der Waals surface area contributed by atoms with Crippen LogP contribution in [0.2, 0.25) is 0 Å². The van der Waals surface area contributed by atoms with Crippen molar-refractivity contribution < 1.29 is 23.1 Å². The Balaban J connectivity index is 2.35. The highest BCUT2D eigenvalue weighted by molar-refractivity contribution is 7.53. The van der Waals surface area contributed by atoms with E-state index in [9.17, 15) is 9.36 Å². The van der Waals surface area contributed by atoms with E-state index in [0.717, 1.165) is 12.0 Å². The Morgan fingerprint density at radius 1 is 1.22 bits per heavy atom. The van der Waals surface area contributed by atoms with Gasteiger partial charge in [0.25, 0.3) is 0 Å². The summed E-state index contributed by atoms with van der Waals surface area (Å²) in [4.78, 5) is 11.7. The third kappa shape index (κ3) is 8.71. The normalized spacial score (nSPS) is 13.3. The van der Waals surface area contributed by atoms with Crippen molar-refractivity contribution in [2.45, 2.75) is 26.4 Å². The average Bonchev–Trinajstić information content (AvgIpc) is 2.56. The summed E-state index contributed by atoms with van der Waals surface area (Å²) in [5.74, 6) is 0. The first-order chi connectivity index (χ1) is 11.1. The van der Waals surface area contributed by atoms with Gasteiger partial charge in [-0.25, -0.2) is 4.79 Å². The summed E-state index contributed by atoms with van der Waals surface area (Å²) in [6.07, 6.45) is 0.571. The van der Waals surface area contributed by atoms with Gasteiger partial charge < -0.3 is 24.8 Å². The second-order valence-electron chi connectivity index (χ2n) is 4.75. The van der Waals surface area contributed by atoms with Gasteiger partial charge in [-0.05, 0) is 31.9 Å². The molecule has 1 atom stereocenters. The smallest absolute Gasteiger partial charge is 0.408 e. The van der Waals surface area contributed by atoms with Crippen LogP contribution in [-0.2, 0) is 25.0 Å². The number of amides is 1. The van der Waals surface area contributed by atoms with Crippen molar-refractivity contribution in [1.29, 1.82) is 0 Å². The fourth-order valence-electron chi connectivity index (χ4n) is 1.71. The van der Waals surface area contributed by atoms with Gasteiger partial charge in [0.05, 0.1) is 13.2 Å². The molecule has 7 nitrogen and oxygen atoms in total. The maximum absolute atomic E-state index is 12.4. The molecule has 0 spiro atoms. The zero-order valence-electron chi connectivity index (χ0n) is 13.4. The molecule has 0 fully saturated rings. The largest absolute Gasteiger partial charge is 0.445 e. The molecule has 23 heavy (non-hydrogen) atoms. The first-order valence-corrected chi connectivity index (χ1v) is 9.35. The van der Waals surface area contributed by atoms with Gasteiger partial charge in [0.1, 0.15) is 12.9 Å². The molecular formula is C15H25N2O5P. The van der Waals surface area contributed by atoms with E-state index in [1.807, 2.05) is 30.3 Å². The first kappa shape index (κ1) is 19.6. The van der Waals surface area contributed by atoms with Gasteiger partial charge >= 0.3 is 13.7 Å². The van der Waals surface area contributed by atoms with Crippen molar-refractivity contribution in [3.8, 4) is 0 Å². The molecule has 1 unspecified atom stereocenters. The molecule has 0 aromatic heterocycles. The van der Waals surface area contributed by atoms with Crippen molar-refractivity contribution in [2.24, 2.45) is 5.73 Å². The zero-order valence-corrected chi connectivity index (χ0v) is 14.3. The fraction of sp³-hybridized carbons (Fsp3) is 0.533. The molecule has 0 heterocycles. The molecule has 0 saturated carbocycles. The van der Waals surface area contributed by atoms with Crippen LogP contribution < -0.4 is 11.1 Å². The van der Waals surface area contributed by atoms with Crippen molar-refractivity contribution in [2.75, 3.05) is 26.0 Å². The lowest BCUT2D eigenvalue weighted by Crippen LogP contribution is -2.26. The van der Waals surface area contributed by atoms with Crippen LogP contribution in [0.15, 0.2) is 30.3 Å². The maximum Gasteiger partial charge on any atom is 0.408 e. The summed E-state index contributed by atoms with van der Waals surface area (Å²) in [5.41, 5.74) is 6.26. The topological polar surface area (TPSA) is 99.9 Å². The van der Waals surface area contributed by atoms with E-state index in [4.69, 9.17) is 19.5 Å². The first-order valence-electron chi connectivity index (χ1n) is 7.62. The molecule has 0 radical (unpaired) electrons. The predicted octanol–water partition coefficient (Wildman–Crippen LogP) is 2.86. The molecule has 0 aliphatic heterocycles. The Morgan fingerprint density at radius 2 is 1.96 bits per heavy atom. The summed E-state index contributed by atoms with van der Waals surface area (Å²) in [5, 5.41) is 2.42. The Kier molecular flexibility index (Phi) is 9.55. The lowest BCUT2D eigenvalue weighted by atomic mass is 10.2. The molecule has 3 N–H and O–H groups in total. The van der Waals surface area contributed by atoms with Crippen LogP contribution >= 0.6 is 7.60 Å². The van der Waals surface area contributed by atoms with Crippen molar-refractivity contribution in [1.82, 2.24) is 5.32 Å². The standard InChI is InChI=1S/C15H25N2O5P/c1-2-21-23(19,22-11-7-6-10-16)13-17-15(18)20-12-14-8-4-3-5-9-14/h3-5,8-9H,2,6-7,10-13,16H2,1H3,(H,17,18). The summed E-state index contributed by atoms with van der Waals surface area (Å²) < 4.78 is 27.9. The summed E-state index contributed by atoms with van der Waals surface area (Å²) in [7, 11) is -3.36. The van der Waals surface area contributed by atoms with Crippen LogP contribution in [0, 0.1) is 0 Å². The minimum atomic E-state index is -3.36. The highest BCUT2D eigenvalue weighted by Gasteiger charge is 2.25. The lowest BCUT2D eigenvalue weighted by Gasteiger charge is -2.18. The summed E-state index contributed by atoms with van der Waals surface area (Å²) in [6.45, 7) is 2.91. The van der Waals surface area contributed by atoms with Crippen LogP contribution in [0.4, 0.5) is 4.79 Å². The molecular weight excluding hydrogens is 319 g/mol. The third-order valence-corrected chi connectivity index (χ3v) is 4.62. The van der Waals surface area contributed by atoms with E-state index in [0.29, 0.717) is 13.0 Å². The number of carbonyl (C=O) groups is 1. The molecule has 0 aliphatic rings. The number of hydrogen-bond acceptors (Lipinski definition) is 6. The summed E-state index contributed by atoms with van der Waals surface area (Å²) in [6, 6.07) is 9.28. The van der Waals surface area contributed by atoms with Gasteiger partial charge in [-0.3, -0.25) is 4.57 Å². The zero-order chi connectivity index (χ0) is 17.0. The molecule has 1 aromatic rings. The quantitative estimate of drug-likeness (QED) is 0.473. The van der Waals surface area contributed by atoms with Gasteiger partial charge in [0.15, 0.2) is 0 Å². The molecule has 0 bridgehead atoms. The molecule has 0 saturated heterocycles. The van der Waals surface area contributed by atoms with Gasteiger partial charge in [0.2, 0.25) is 0 Å². The minimum absolute atomic E-state index is 0.142. The van der Waals surface area contributed by atoms with Crippen LogP contribution in [0.5, 0.6) is 0 Å². The van der Waals surface area contributed by atoms with Crippen LogP contribution in [-0.4, -0.2) is 32.1 Å². The van der Waals surface area contributed by atoms with E-state index in [1.54, 1.807) is 6.92 Å². The van der Waals surface area contributed by atoms with Gasteiger partial charge in [-0.15, -0.1) is 0 Å². The maximum atomic E-state index is 12.4. The molecule has 130 valence electrons. The van der Waals surface area contributed by atoms with Crippen LogP contribution in [0.1, 0.15) is 25.3 Å². The molecule has 1 aromatic carbocycles. The molecule has 1 rings (SSSR count). The number of alkyl carbamates (subject to hydrolysis) is 1. The number of nitrogens with one attached hydrogen (secondary N) is 1. The van der Waals surface area contributed by atoms with Gasteiger partial charge in [-0.1, -0.05) is 30.3 Å². The second kappa shape index (κ2) is 11.2. The van der Waals surface area contributed by atoms with Crippen molar-refractivity contribution >= 4 is 13.7 Å². The number of carbonyl (C=O) groups excluding carboxylic acids is 1. The second-order valence-corrected chi connectivity index (χ2v) is 6.81. The predicted molar refractivity (Wildman–Crippen MR) is 88.1 cm³/mol. The van der Waals surface area contributed by atoms with Gasteiger partial charge in [0, 0.05) is 0 Å². The number of nitrogens with two attached hydrogens (primary N) is 1. The SMILES string of the molecule is CCOP(=O)(CNC(=O)OCc1ccccc1)OCCCCN. The number of benzene rings is 1. The molecule has 0 aliphatic carbocycles. The van der Waals surface area contributed by atoms with Gasteiger partial charge in [-0.2, -0.15) is 0 Å².